The fourth-order valence-corrected chi connectivity index (χ4v) is 2.62. The van der Waals surface area contributed by atoms with E-state index in [1.165, 1.54) is 24.3 Å². The normalized spacial score (nSPS) is 12.7. The Bertz CT molecular complexity index is 518. The van der Waals surface area contributed by atoms with Crippen LogP contribution < -0.4 is 0 Å². The number of nitriles is 1. The first-order chi connectivity index (χ1) is 8.85. The van der Waals surface area contributed by atoms with E-state index in [0.717, 1.165) is 0 Å². The third-order valence-electron chi connectivity index (χ3n) is 2.74. The van der Waals surface area contributed by atoms with Crippen LogP contribution in [0.2, 0.25) is 0 Å². The van der Waals surface area contributed by atoms with E-state index < -0.39 is 21.1 Å². The van der Waals surface area contributed by atoms with Crippen LogP contribution >= 0.6 is 0 Å². The van der Waals surface area contributed by atoms with Gasteiger partial charge in [-0.1, -0.05) is 0 Å². The van der Waals surface area contributed by atoms with Gasteiger partial charge in [0.25, 0.3) is 5.69 Å². The van der Waals surface area contributed by atoms with Crippen LogP contribution in [0.1, 0.15) is 26.7 Å². The molecule has 0 bridgehead atoms. The molecule has 0 N–H and O–H groups in total. The molecule has 0 saturated heterocycles. The van der Waals surface area contributed by atoms with Crippen molar-refractivity contribution < 1.29 is 9.13 Å². The molecule has 0 saturated carbocycles. The highest BCUT2D eigenvalue weighted by molar-refractivity contribution is 7.85. The lowest BCUT2D eigenvalue weighted by atomic mass is 9.90. The zero-order valence-corrected chi connectivity index (χ0v) is 11.8. The molecule has 0 amide bonds. The Balaban J connectivity index is 2.55. The molecule has 5 nitrogen and oxygen atoms in total. The van der Waals surface area contributed by atoms with Gasteiger partial charge in [0.15, 0.2) is 0 Å². The molecule has 1 atom stereocenters. The summed E-state index contributed by atoms with van der Waals surface area (Å²) in [4.78, 5) is 10.6. The van der Waals surface area contributed by atoms with Crippen molar-refractivity contribution in [3.8, 4) is 6.07 Å². The smallest absolute Gasteiger partial charge is 0.258 e. The fraction of sp³-hybridized carbons (Fsp3) is 0.462. The molecule has 102 valence electrons. The number of hydrogen-bond acceptors (Lipinski definition) is 4. The molecular weight excluding hydrogens is 264 g/mol. The van der Waals surface area contributed by atoms with E-state index in [1.807, 2.05) is 13.8 Å². The summed E-state index contributed by atoms with van der Waals surface area (Å²) in [6.07, 6.45) is 1.37. The Morgan fingerprint density at radius 1 is 1.37 bits per heavy atom. The Hall–Kier alpha value is -1.74. The summed E-state index contributed by atoms with van der Waals surface area (Å²) >= 11 is 0. The molecule has 0 heterocycles. The van der Waals surface area contributed by atoms with Gasteiger partial charge in [-0.15, -0.1) is 0 Å². The summed E-state index contributed by atoms with van der Waals surface area (Å²) in [5, 5.41) is 19.4. The highest BCUT2D eigenvalue weighted by Gasteiger charge is 2.17. The second-order valence-corrected chi connectivity index (χ2v) is 6.47. The second kappa shape index (κ2) is 6.43. The van der Waals surface area contributed by atoms with Crippen LogP contribution in [0, 0.1) is 26.9 Å². The van der Waals surface area contributed by atoms with Crippen LogP contribution in [0.25, 0.3) is 0 Å². The van der Waals surface area contributed by atoms with E-state index in [1.54, 1.807) is 0 Å². The Morgan fingerprint density at radius 3 is 2.42 bits per heavy atom. The summed E-state index contributed by atoms with van der Waals surface area (Å²) in [6, 6.07) is 7.94. The van der Waals surface area contributed by atoms with Crippen molar-refractivity contribution >= 4 is 16.5 Å². The second-order valence-electron chi connectivity index (χ2n) is 4.90. The lowest BCUT2D eigenvalue weighted by Gasteiger charge is -2.13. The van der Waals surface area contributed by atoms with Gasteiger partial charge in [-0.25, -0.2) is 0 Å². The van der Waals surface area contributed by atoms with Crippen LogP contribution in [-0.4, -0.2) is 14.9 Å². The summed E-state index contributed by atoms with van der Waals surface area (Å²) in [7, 11) is -1.17. The van der Waals surface area contributed by atoms with Crippen molar-refractivity contribution in [1.29, 1.82) is 5.26 Å². The minimum atomic E-state index is -1.17. The molecule has 1 aromatic carbocycles. The predicted octanol–water partition coefficient (Wildman–Crippen LogP) is 3.03. The van der Waals surface area contributed by atoms with E-state index in [-0.39, 0.29) is 5.69 Å². The van der Waals surface area contributed by atoms with Crippen molar-refractivity contribution in [3.05, 3.63) is 34.4 Å². The largest absolute Gasteiger partial charge is 0.269 e. The van der Waals surface area contributed by atoms with Crippen molar-refractivity contribution in [2.45, 2.75) is 31.6 Å². The summed E-state index contributed by atoms with van der Waals surface area (Å²) < 4.78 is 12.0. The van der Waals surface area contributed by atoms with Gasteiger partial charge in [0, 0.05) is 22.8 Å². The van der Waals surface area contributed by atoms with E-state index in [0.29, 0.717) is 23.5 Å². The monoisotopic (exact) mass is 280 g/mol. The average Bonchev–Trinajstić information content (AvgIpc) is 2.38. The maximum Gasteiger partial charge on any atom is 0.269 e. The lowest BCUT2D eigenvalue weighted by molar-refractivity contribution is -0.384. The summed E-state index contributed by atoms with van der Waals surface area (Å²) in [5.41, 5.74) is -0.411. The van der Waals surface area contributed by atoms with Gasteiger partial charge >= 0.3 is 0 Å². The van der Waals surface area contributed by atoms with E-state index in [9.17, 15) is 14.3 Å². The van der Waals surface area contributed by atoms with Crippen molar-refractivity contribution in [2.24, 2.45) is 5.41 Å². The van der Waals surface area contributed by atoms with Gasteiger partial charge in [-0.3, -0.25) is 14.3 Å². The minimum absolute atomic E-state index is 0.00800. The van der Waals surface area contributed by atoms with E-state index >= 15 is 0 Å². The quantitative estimate of drug-likeness (QED) is 0.592. The first-order valence-corrected chi connectivity index (χ1v) is 7.22. The SMILES string of the molecule is CC(C)(C#N)CCCS(=O)c1ccc([N+](=O)[O-])cc1. The van der Waals surface area contributed by atoms with Gasteiger partial charge in [0.1, 0.15) is 0 Å². The average molecular weight is 280 g/mol. The number of rotatable bonds is 6. The first-order valence-electron chi connectivity index (χ1n) is 5.90. The minimum Gasteiger partial charge on any atom is -0.258 e. The molecule has 0 aliphatic rings. The number of benzene rings is 1. The van der Waals surface area contributed by atoms with E-state index in [4.69, 9.17) is 5.26 Å². The fourth-order valence-electron chi connectivity index (χ4n) is 1.54. The van der Waals surface area contributed by atoms with Gasteiger partial charge in [-0.05, 0) is 38.8 Å². The van der Waals surface area contributed by atoms with Crippen LogP contribution in [0.15, 0.2) is 29.2 Å². The Labute approximate surface area is 114 Å². The number of nitro benzene ring substituents is 1. The number of non-ortho nitro benzene ring substituents is 1. The topological polar surface area (TPSA) is 84.0 Å². The van der Waals surface area contributed by atoms with Crippen molar-refractivity contribution in [1.82, 2.24) is 0 Å². The summed E-state index contributed by atoms with van der Waals surface area (Å²) in [5.74, 6) is 0.461. The number of nitrogens with zero attached hydrogens (tertiary/aromatic N) is 2. The zero-order chi connectivity index (χ0) is 14.5. The molecule has 0 spiro atoms. The van der Waals surface area contributed by atoms with Crippen LogP contribution in [0.3, 0.4) is 0 Å². The van der Waals surface area contributed by atoms with Crippen molar-refractivity contribution in [3.63, 3.8) is 0 Å². The molecule has 1 rings (SSSR count). The Morgan fingerprint density at radius 2 is 1.95 bits per heavy atom. The molecule has 1 aromatic rings. The molecule has 0 aromatic heterocycles. The number of nitro groups is 1. The van der Waals surface area contributed by atoms with E-state index in [2.05, 4.69) is 6.07 Å². The third kappa shape index (κ3) is 4.79. The highest BCUT2D eigenvalue weighted by atomic mass is 32.2. The third-order valence-corrected chi connectivity index (χ3v) is 4.20. The van der Waals surface area contributed by atoms with Gasteiger partial charge in [-0.2, -0.15) is 5.26 Å². The lowest BCUT2D eigenvalue weighted by Crippen LogP contribution is -2.09. The molecule has 1 unspecified atom stereocenters. The van der Waals surface area contributed by atoms with Gasteiger partial charge < -0.3 is 0 Å². The Kier molecular flexibility index (Phi) is 5.19. The number of hydrogen-bond donors (Lipinski definition) is 0. The predicted molar refractivity (Wildman–Crippen MR) is 73.0 cm³/mol. The standard InChI is InChI=1S/C13H16N2O3S/c1-13(2,10-14)8-3-9-19(18)12-6-4-11(5-7-12)15(16)17/h4-7H,3,8-9H2,1-2H3. The summed E-state index contributed by atoms with van der Waals surface area (Å²) in [6.45, 7) is 3.70. The first kappa shape index (κ1) is 15.3. The van der Waals surface area contributed by atoms with Crippen LogP contribution in [0.4, 0.5) is 5.69 Å². The molecule has 6 heteroatoms. The molecule has 0 aliphatic carbocycles. The molecule has 0 aliphatic heterocycles. The maximum absolute atomic E-state index is 12.0. The van der Waals surface area contributed by atoms with Crippen LogP contribution in [0.5, 0.6) is 0 Å². The highest BCUT2D eigenvalue weighted by Crippen LogP contribution is 2.22. The molecular formula is C13H16N2O3S. The van der Waals surface area contributed by atoms with Gasteiger partial charge in [0.05, 0.1) is 27.2 Å². The molecule has 0 fully saturated rings. The van der Waals surface area contributed by atoms with Crippen LogP contribution in [-0.2, 0) is 10.8 Å². The van der Waals surface area contributed by atoms with Gasteiger partial charge in [0.2, 0.25) is 0 Å². The van der Waals surface area contributed by atoms with Crippen molar-refractivity contribution in [2.75, 3.05) is 5.75 Å². The zero-order valence-electron chi connectivity index (χ0n) is 11.0. The maximum atomic E-state index is 12.0. The molecule has 19 heavy (non-hydrogen) atoms. The molecule has 0 radical (unpaired) electrons.